The maximum absolute atomic E-state index is 11.9. The molecule has 2 heterocycles. The van der Waals surface area contributed by atoms with E-state index in [1.54, 1.807) is 0 Å². The fourth-order valence-corrected chi connectivity index (χ4v) is 4.75. The number of carbonyl (C=O) groups excluding carboxylic acids is 1. The van der Waals surface area contributed by atoms with E-state index in [0.717, 1.165) is 31.5 Å². The Balaban J connectivity index is 1.34. The van der Waals surface area contributed by atoms with Crippen molar-refractivity contribution in [2.45, 2.75) is 31.5 Å². The Kier molecular flexibility index (Phi) is 5.99. The fourth-order valence-electron chi connectivity index (χ4n) is 4.41. The molecule has 2 N–H and O–H groups in total. The van der Waals surface area contributed by atoms with Crippen LogP contribution >= 0.6 is 11.8 Å². The average molecular weight is 403 g/mol. The topological polar surface area (TPSA) is 91.5 Å². The van der Waals surface area contributed by atoms with Crippen LogP contribution in [-0.2, 0) is 11.3 Å². The number of amides is 1. The molecule has 0 unspecified atom stereocenters. The van der Waals surface area contributed by atoms with Crippen LogP contribution in [-0.4, -0.2) is 63.3 Å². The van der Waals surface area contributed by atoms with E-state index in [2.05, 4.69) is 20.4 Å². The first kappa shape index (κ1) is 19.4. The summed E-state index contributed by atoms with van der Waals surface area (Å²) in [5.41, 5.74) is 0.944. The van der Waals surface area contributed by atoms with Crippen molar-refractivity contribution in [3.63, 3.8) is 0 Å². The van der Waals surface area contributed by atoms with Gasteiger partial charge in [0.15, 0.2) is 0 Å². The van der Waals surface area contributed by atoms with E-state index >= 15 is 0 Å². The molecule has 7 nitrogen and oxygen atoms in total. The number of hydrogen-bond acceptors (Lipinski definition) is 7. The molecule has 4 rings (SSSR count). The molecule has 1 aromatic heterocycles. The molecule has 150 valence electrons. The summed E-state index contributed by atoms with van der Waals surface area (Å²) >= 11 is 1.50. The highest BCUT2D eigenvalue weighted by atomic mass is 32.2. The molecule has 1 saturated carbocycles. The largest absolute Gasteiger partial charge is 0.391 e. The second-order valence-electron chi connectivity index (χ2n) is 7.74. The number of hydrogen-bond donors (Lipinski definition) is 2. The molecule has 0 spiro atoms. The minimum Gasteiger partial charge on any atom is -0.391 e. The van der Waals surface area contributed by atoms with Crippen molar-refractivity contribution in [2.24, 2.45) is 11.8 Å². The van der Waals surface area contributed by atoms with Gasteiger partial charge in [-0.2, -0.15) is 16.7 Å². The van der Waals surface area contributed by atoms with E-state index in [9.17, 15) is 9.90 Å². The lowest BCUT2D eigenvalue weighted by Gasteiger charge is -2.35. The van der Waals surface area contributed by atoms with E-state index in [4.69, 9.17) is 4.52 Å². The summed E-state index contributed by atoms with van der Waals surface area (Å²) in [5.74, 6) is 2.58. The number of aromatic nitrogens is 2. The predicted octanol–water partition coefficient (Wildman–Crippen LogP) is 1.79. The number of aliphatic hydroxyl groups excluding tert-OH is 1. The Labute approximate surface area is 168 Å². The summed E-state index contributed by atoms with van der Waals surface area (Å²) in [5, 5.41) is 17.5. The smallest absolute Gasteiger partial charge is 0.241 e. The molecule has 1 aliphatic heterocycles. The van der Waals surface area contributed by atoms with Crippen molar-refractivity contribution in [3.8, 4) is 11.4 Å². The van der Waals surface area contributed by atoms with Crippen molar-refractivity contribution < 1.29 is 14.4 Å². The quantitative estimate of drug-likeness (QED) is 0.761. The lowest BCUT2D eigenvalue weighted by molar-refractivity contribution is -0.120. The van der Waals surface area contributed by atoms with Gasteiger partial charge in [0.25, 0.3) is 0 Å². The Hall–Kier alpha value is -1.90. The molecular weight excluding hydrogens is 376 g/mol. The van der Waals surface area contributed by atoms with E-state index in [1.165, 1.54) is 11.8 Å². The van der Waals surface area contributed by atoms with Crippen LogP contribution in [0.1, 0.15) is 18.7 Å². The number of rotatable bonds is 6. The minimum atomic E-state index is -0.472. The van der Waals surface area contributed by atoms with Gasteiger partial charge >= 0.3 is 0 Å². The Bertz CT molecular complexity index is 800. The third kappa shape index (κ3) is 4.39. The van der Waals surface area contributed by atoms with Crippen LogP contribution < -0.4 is 5.32 Å². The fraction of sp³-hybridized carbons (Fsp3) is 0.550. The maximum atomic E-state index is 11.9. The molecule has 8 heteroatoms. The van der Waals surface area contributed by atoms with E-state index < -0.39 is 6.10 Å². The van der Waals surface area contributed by atoms with Crippen LogP contribution in [0.3, 0.4) is 0 Å². The molecule has 1 aliphatic carbocycles. The third-order valence-corrected chi connectivity index (χ3v) is 6.25. The number of benzene rings is 1. The highest BCUT2D eigenvalue weighted by Gasteiger charge is 2.42. The summed E-state index contributed by atoms with van der Waals surface area (Å²) in [6.45, 7) is 2.46. The zero-order chi connectivity index (χ0) is 19.5. The molecule has 2 aliphatic rings. The molecule has 0 bridgehead atoms. The van der Waals surface area contributed by atoms with Crippen molar-refractivity contribution in [2.75, 3.05) is 25.1 Å². The normalized spacial score (nSPS) is 27.5. The number of aliphatic hydroxyl groups is 1. The predicted molar refractivity (Wildman–Crippen MR) is 108 cm³/mol. The average Bonchev–Trinajstić information content (AvgIpc) is 3.30. The number of carbonyl (C=O) groups is 1. The highest BCUT2D eigenvalue weighted by Crippen LogP contribution is 2.37. The second-order valence-corrected chi connectivity index (χ2v) is 8.60. The van der Waals surface area contributed by atoms with Gasteiger partial charge in [-0.1, -0.05) is 35.5 Å². The van der Waals surface area contributed by atoms with Crippen LogP contribution in [0.25, 0.3) is 11.4 Å². The first-order valence-electron chi connectivity index (χ1n) is 9.69. The second kappa shape index (κ2) is 8.63. The Morgan fingerprint density at radius 2 is 2.04 bits per heavy atom. The van der Waals surface area contributed by atoms with E-state index in [1.807, 2.05) is 36.6 Å². The van der Waals surface area contributed by atoms with Gasteiger partial charge in [0.2, 0.25) is 17.6 Å². The van der Waals surface area contributed by atoms with Crippen molar-refractivity contribution >= 4 is 17.7 Å². The van der Waals surface area contributed by atoms with Crippen LogP contribution in [0, 0.1) is 11.8 Å². The lowest BCUT2D eigenvalue weighted by Crippen LogP contribution is -2.49. The van der Waals surface area contributed by atoms with Gasteiger partial charge in [-0.3, -0.25) is 9.69 Å². The minimum absolute atomic E-state index is 0.00385. The molecule has 28 heavy (non-hydrogen) atoms. The zero-order valence-corrected chi connectivity index (χ0v) is 16.8. The van der Waals surface area contributed by atoms with Gasteiger partial charge < -0.3 is 14.9 Å². The molecule has 2 aromatic rings. The first-order valence-corrected chi connectivity index (χ1v) is 11.1. The van der Waals surface area contributed by atoms with Gasteiger partial charge in [-0.25, -0.2) is 0 Å². The van der Waals surface area contributed by atoms with Gasteiger partial charge in [0.05, 0.1) is 24.4 Å². The van der Waals surface area contributed by atoms with Crippen molar-refractivity contribution in [1.29, 1.82) is 0 Å². The molecular formula is C20H26N4O3S. The van der Waals surface area contributed by atoms with Crippen LogP contribution in [0.15, 0.2) is 34.9 Å². The molecule has 2 fully saturated rings. The van der Waals surface area contributed by atoms with Crippen molar-refractivity contribution in [1.82, 2.24) is 20.4 Å². The maximum Gasteiger partial charge on any atom is 0.241 e. The molecule has 1 amide bonds. The summed E-state index contributed by atoms with van der Waals surface area (Å²) in [7, 11) is 0. The SMILES string of the molecule is CSCC(=O)N[C@H]1C[C@H]2CN(Cc3nc(-c4ccccc4)no3)C[C@H]2C[C@@H]1O. The number of nitrogens with zero attached hydrogens (tertiary/aromatic N) is 3. The van der Waals surface area contributed by atoms with Gasteiger partial charge in [-0.15, -0.1) is 0 Å². The lowest BCUT2D eigenvalue weighted by atomic mass is 9.77. The molecule has 1 aromatic carbocycles. The summed E-state index contributed by atoms with van der Waals surface area (Å²) in [4.78, 5) is 18.7. The molecule has 1 saturated heterocycles. The monoisotopic (exact) mass is 402 g/mol. The number of likely N-dealkylation sites (tertiary alicyclic amines) is 1. The number of nitrogens with one attached hydrogen (secondary N) is 1. The van der Waals surface area contributed by atoms with Crippen LogP contribution in [0.4, 0.5) is 0 Å². The summed E-state index contributed by atoms with van der Waals surface area (Å²) < 4.78 is 5.44. The molecule has 0 radical (unpaired) electrons. The third-order valence-electron chi connectivity index (χ3n) is 5.70. The van der Waals surface area contributed by atoms with Gasteiger partial charge in [0, 0.05) is 18.7 Å². The number of fused-ring (bicyclic) bond motifs is 1. The Morgan fingerprint density at radius 3 is 2.79 bits per heavy atom. The van der Waals surface area contributed by atoms with E-state index in [-0.39, 0.29) is 11.9 Å². The van der Waals surface area contributed by atoms with Crippen molar-refractivity contribution in [3.05, 3.63) is 36.2 Å². The molecule has 4 atom stereocenters. The number of thioether (sulfide) groups is 1. The standard InChI is InChI=1S/C20H26N4O3S/c1-28-12-18(26)21-16-7-14-9-24(10-15(14)8-17(16)25)11-19-22-20(23-27-19)13-5-3-2-4-6-13/h2-6,14-17,25H,7-12H2,1H3,(H,21,26)/t14-,15+,16-,17-/m0/s1. The van der Waals surface area contributed by atoms with Gasteiger partial charge in [-0.05, 0) is 30.9 Å². The summed E-state index contributed by atoms with van der Waals surface area (Å²) in [6, 6.07) is 9.65. The van der Waals surface area contributed by atoms with Crippen LogP contribution in [0.2, 0.25) is 0 Å². The van der Waals surface area contributed by atoms with Crippen LogP contribution in [0.5, 0.6) is 0 Å². The Morgan fingerprint density at radius 1 is 1.29 bits per heavy atom. The highest BCUT2D eigenvalue weighted by molar-refractivity contribution is 7.99. The van der Waals surface area contributed by atoms with Gasteiger partial charge in [0.1, 0.15) is 0 Å². The first-order chi connectivity index (χ1) is 13.6. The summed E-state index contributed by atoms with van der Waals surface area (Å²) in [6.07, 6.45) is 2.98. The van der Waals surface area contributed by atoms with E-state index in [0.29, 0.717) is 35.8 Å². The zero-order valence-electron chi connectivity index (χ0n) is 16.0.